The van der Waals surface area contributed by atoms with Crippen molar-refractivity contribution in [2.45, 2.75) is 32.3 Å². The molecule has 0 spiro atoms. The van der Waals surface area contributed by atoms with E-state index < -0.39 is 12.1 Å². The van der Waals surface area contributed by atoms with E-state index in [1.165, 1.54) is 26.7 Å². The van der Waals surface area contributed by atoms with Crippen molar-refractivity contribution >= 4 is 23.2 Å². The number of amides is 1. The molecule has 4 nitrogen and oxygen atoms in total. The van der Waals surface area contributed by atoms with Crippen LogP contribution in [0, 0.1) is 5.92 Å². The van der Waals surface area contributed by atoms with E-state index in [2.05, 4.69) is 6.92 Å². The smallest absolute Gasteiger partial charge is 0.349 e. The van der Waals surface area contributed by atoms with Crippen LogP contribution in [-0.4, -0.2) is 30.9 Å². The van der Waals surface area contributed by atoms with Crippen LogP contribution in [0.5, 0.6) is 0 Å². The Labute approximate surface area is 152 Å². The second-order valence-electron chi connectivity index (χ2n) is 6.84. The number of aryl methyl sites for hydroxylation is 1. The van der Waals surface area contributed by atoms with Gasteiger partial charge in [0.1, 0.15) is 4.88 Å². The van der Waals surface area contributed by atoms with Gasteiger partial charge in [0.05, 0.1) is 0 Å². The van der Waals surface area contributed by atoms with Crippen LogP contribution in [0.25, 0.3) is 0 Å². The number of thiophene rings is 1. The van der Waals surface area contributed by atoms with Gasteiger partial charge in [-0.15, -0.1) is 11.3 Å². The fourth-order valence-electron chi connectivity index (χ4n) is 3.09. The summed E-state index contributed by atoms with van der Waals surface area (Å²) < 4.78 is 5.63. The summed E-state index contributed by atoms with van der Waals surface area (Å²) in [4.78, 5) is 28.5. The number of likely N-dealkylation sites (N-methyl/N-ethyl adjacent to an activating group) is 1. The van der Waals surface area contributed by atoms with Crippen molar-refractivity contribution in [2.24, 2.45) is 5.92 Å². The Bertz CT molecular complexity index is 767. The molecule has 0 radical (unpaired) electrons. The molecule has 0 unspecified atom stereocenters. The molecule has 25 heavy (non-hydrogen) atoms. The summed E-state index contributed by atoms with van der Waals surface area (Å²) in [6.45, 7) is 2.24. The summed E-state index contributed by atoms with van der Waals surface area (Å²) in [5.74, 6) is -0.0102. The molecule has 0 saturated heterocycles. The highest BCUT2D eigenvalue weighted by molar-refractivity contribution is 7.14. The minimum absolute atomic E-state index is 0.241. The van der Waals surface area contributed by atoms with Gasteiger partial charge in [-0.25, -0.2) is 4.79 Å². The van der Waals surface area contributed by atoms with E-state index in [1.807, 2.05) is 24.3 Å². The third-order valence-corrected chi connectivity index (χ3v) is 5.74. The van der Waals surface area contributed by atoms with Gasteiger partial charge in [0.25, 0.3) is 5.91 Å². The van der Waals surface area contributed by atoms with Crippen molar-refractivity contribution in [3.63, 3.8) is 0 Å². The van der Waals surface area contributed by atoms with E-state index in [-0.39, 0.29) is 5.91 Å². The number of hydrogen-bond acceptors (Lipinski definition) is 4. The molecule has 1 aliphatic rings. The zero-order chi connectivity index (χ0) is 18.0. The maximum absolute atomic E-state index is 12.7. The third-order valence-electron chi connectivity index (χ3n) is 4.52. The number of carbonyl (C=O) groups is 2. The Morgan fingerprint density at radius 3 is 2.64 bits per heavy atom. The molecule has 132 valence electrons. The number of rotatable bonds is 4. The number of hydrogen-bond donors (Lipinski definition) is 0. The molecule has 1 amide bonds. The Hall–Kier alpha value is -2.14. The van der Waals surface area contributed by atoms with Crippen LogP contribution in [0.3, 0.4) is 0 Å². The molecular formula is C20H23NO3S. The lowest BCUT2D eigenvalue weighted by atomic mass is 9.90. The standard InChI is InChI=1S/C20H23NO3S/c1-13-9-10-16-15(11-13)12-17(25-16)20(23)24-18(19(22)21(2)3)14-7-5-4-6-8-14/h4-8,12-13,18H,9-11H2,1-3H3/t13-,18-/m1/s1. The molecule has 1 aromatic carbocycles. The van der Waals surface area contributed by atoms with Crippen LogP contribution >= 0.6 is 11.3 Å². The Morgan fingerprint density at radius 1 is 1.24 bits per heavy atom. The van der Waals surface area contributed by atoms with Gasteiger partial charge in [0, 0.05) is 24.5 Å². The summed E-state index contributed by atoms with van der Waals surface area (Å²) in [5.41, 5.74) is 1.94. The van der Waals surface area contributed by atoms with Gasteiger partial charge >= 0.3 is 5.97 Å². The number of esters is 1. The molecule has 0 saturated carbocycles. The van der Waals surface area contributed by atoms with Crippen molar-refractivity contribution in [1.82, 2.24) is 4.90 Å². The minimum Gasteiger partial charge on any atom is -0.443 e. The molecule has 2 aromatic rings. The maximum atomic E-state index is 12.7. The maximum Gasteiger partial charge on any atom is 0.349 e. The largest absolute Gasteiger partial charge is 0.443 e. The summed E-state index contributed by atoms with van der Waals surface area (Å²) in [6.07, 6.45) is 2.28. The predicted octanol–water partition coefficient (Wildman–Crippen LogP) is 3.86. The molecule has 0 bridgehead atoms. The average molecular weight is 357 g/mol. The lowest BCUT2D eigenvalue weighted by Gasteiger charge is -2.20. The van der Waals surface area contributed by atoms with E-state index in [0.29, 0.717) is 16.4 Å². The van der Waals surface area contributed by atoms with Gasteiger partial charge in [-0.05, 0) is 36.8 Å². The first-order chi connectivity index (χ1) is 12.0. The molecule has 0 fully saturated rings. The Morgan fingerprint density at radius 2 is 1.96 bits per heavy atom. The second kappa shape index (κ2) is 7.40. The monoisotopic (exact) mass is 357 g/mol. The van der Waals surface area contributed by atoms with Crippen LogP contribution < -0.4 is 0 Å². The van der Waals surface area contributed by atoms with Gasteiger partial charge in [-0.3, -0.25) is 4.79 Å². The Balaban J connectivity index is 1.82. The number of fused-ring (bicyclic) bond motifs is 1. The van der Waals surface area contributed by atoms with Crippen molar-refractivity contribution in [3.05, 3.63) is 57.3 Å². The number of carbonyl (C=O) groups excluding carboxylic acids is 2. The van der Waals surface area contributed by atoms with Gasteiger partial charge in [0.15, 0.2) is 0 Å². The topological polar surface area (TPSA) is 46.6 Å². The van der Waals surface area contributed by atoms with E-state index in [1.54, 1.807) is 26.2 Å². The number of benzene rings is 1. The van der Waals surface area contributed by atoms with Gasteiger partial charge in [-0.1, -0.05) is 37.3 Å². The zero-order valence-corrected chi connectivity index (χ0v) is 15.6. The van der Waals surface area contributed by atoms with Crippen LogP contribution in [0.4, 0.5) is 0 Å². The molecule has 0 aliphatic heterocycles. The van der Waals surface area contributed by atoms with E-state index in [4.69, 9.17) is 4.74 Å². The van der Waals surface area contributed by atoms with Crippen LogP contribution in [0.1, 0.15) is 45.1 Å². The summed E-state index contributed by atoms with van der Waals surface area (Å²) >= 11 is 1.50. The second-order valence-corrected chi connectivity index (χ2v) is 7.97. The average Bonchev–Trinajstić information content (AvgIpc) is 3.02. The normalized spacial score (nSPS) is 17.5. The first-order valence-electron chi connectivity index (χ1n) is 8.54. The van der Waals surface area contributed by atoms with E-state index in [0.717, 1.165) is 19.3 Å². The first-order valence-corrected chi connectivity index (χ1v) is 9.36. The first kappa shape index (κ1) is 17.7. The van der Waals surface area contributed by atoms with Gasteiger partial charge in [-0.2, -0.15) is 0 Å². The molecule has 3 rings (SSSR count). The van der Waals surface area contributed by atoms with Crippen molar-refractivity contribution < 1.29 is 14.3 Å². The summed E-state index contributed by atoms with van der Waals surface area (Å²) in [7, 11) is 3.33. The van der Waals surface area contributed by atoms with Crippen LogP contribution in [-0.2, 0) is 22.4 Å². The van der Waals surface area contributed by atoms with Crippen molar-refractivity contribution in [1.29, 1.82) is 0 Å². The van der Waals surface area contributed by atoms with Crippen LogP contribution in [0.15, 0.2) is 36.4 Å². The third kappa shape index (κ3) is 3.93. The molecule has 1 aromatic heterocycles. The fraction of sp³-hybridized carbons (Fsp3) is 0.400. The summed E-state index contributed by atoms with van der Waals surface area (Å²) in [5, 5.41) is 0. The highest BCUT2D eigenvalue weighted by Gasteiger charge is 2.28. The lowest BCUT2D eigenvalue weighted by molar-refractivity contribution is -0.138. The minimum atomic E-state index is -0.915. The van der Waals surface area contributed by atoms with E-state index >= 15 is 0 Å². The van der Waals surface area contributed by atoms with Gasteiger partial charge < -0.3 is 9.64 Å². The SMILES string of the molecule is C[C@@H]1CCc2sc(C(=O)O[C@@H](C(=O)N(C)C)c3ccccc3)cc2C1. The van der Waals surface area contributed by atoms with Crippen molar-refractivity contribution in [2.75, 3.05) is 14.1 Å². The highest BCUT2D eigenvalue weighted by Crippen LogP contribution is 2.33. The predicted molar refractivity (Wildman–Crippen MR) is 98.8 cm³/mol. The van der Waals surface area contributed by atoms with Crippen LogP contribution in [0.2, 0.25) is 0 Å². The Kier molecular flexibility index (Phi) is 5.23. The highest BCUT2D eigenvalue weighted by atomic mass is 32.1. The fourth-order valence-corrected chi connectivity index (χ4v) is 4.19. The van der Waals surface area contributed by atoms with Crippen molar-refractivity contribution in [3.8, 4) is 0 Å². The molecule has 1 heterocycles. The van der Waals surface area contributed by atoms with E-state index in [9.17, 15) is 9.59 Å². The molecule has 5 heteroatoms. The number of ether oxygens (including phenoxy) is 1. The zero-order valence-electron chi connectivity index (χ0n) is 14.8. The molecule has 2 atom stereocenters. The molecule has 1 aliphatic carbocycles. The molecular weight excluding hydrogens is 334 g/mol. The summed E-state index contributed by atoms with van der Waals surface area (Å²) in [6, 6.07) is 11.1. The lowest BCUT2D eigenvalue weighted by Crippen LogP contribution is -2.31. The van der Waals surface area contributed by atoms with Gasteiger partial charge in [0.2, 0.25) is 6.10 Å². The molecule has 0 N–H and O–H groups in total. The quantitative estimate of drug-likeness (QED) is 0.781. The number of nitrogens with zero attached hydrogens (tertiary/aromatic N) is 1.